The molecule has 3 N–H and O–H groups in total. The first-order chi connectivity index (χ1) is 7.25. The lowest BCUT2D eigenvalue weighted by atomic mass is 10.3. The van der Waals surface area contributed by atoms with Crippen molar-refractivity contribution in [3.63, 3.8) is 0 Å². The van der Waals surface area contributed by atoms with Crippen molar-refractivity contribution < 1.29 is 4.39 Å². The van der Waals surface area contributed by atoms with Crippen molar-refractivity contribution in [3.8, 4) is 0 Å². The summed E-state index contributed by atoms with van der Waals surface area (Å²) < 4.78 is 13.2. The minimum Gasteiger partial charge on any atom is -0.368 e. The molecule has 0 saturated heterocycles. The Balaban J connectivity index is 2.07. The molecule has 15 heavy (non-hydrogen) atoms. The summed E-state index contributed by atoms with van der Waals surface area (Å²) in [5.41, 5.74) is 6.43. The lowest BCUT2D eigenvalue weighted by Gasteiger charge is -2.05. The Kier molecular flexibility index (Phi) is 2.77. The number of nitrogens with two attached hydrogens (primary N) is 1. The molecule has 0 aliphatic heterocycles. The van der Waals surface area contributed by atoms with Crippen LogP contribution in [0.15, 0.2) is 23.0 Å². The molecule has 0 atom stereocenters. The van der Waals surface area contributed by atoms with Gasteiger partial charge in [0, 0.05) is 6.54 Å². The lowest BCUT2D eigenvalue weighted by molar-refractivity contribution is 0.617. The Hall–Kier alpha value is -1.69. The molecule has 0 aliphatic carbocycles. The molecule has 2 rings (SSSR count). The average molecular weight is 224 g/mol. The smallest absolute Gasteiger partial charge is 0.222 e. The second kappa shape index (κ2) is 4.22. The molecule has 0 aromatic carbocycles. The molecule has 2 aromatic heterocycles. The fourth-order valence-corrected chi connectivity index (χ4v) is 1.75. The van der Waals surface area contributed by atoms with Gasteiger partial charge in [-0.1, -0.05) is 0 Å². The van der Waals surface area contributed by atoms with Crippen molar-refractivity contribution in [2.75, 3.05) is 11.1 Å². The Morgan fingerprint density at radius 2 is 2.40 bits per heavy atom. The first kappa shape index (κ1) is 9.85. The fraction of sp³-hybridized carbons (Fsp3) is 0.111. The number of thiophene rings is 1. The summed E-state index contributed by atoms with van der Waals surface area (Å²) in [6.07, 6.45) is 1.05. The molecule has 0 spiro atoms. The van der Waals surface area contributed by atoms with Crippen LogP contribution in [0.3, 0.4) is 0 Å². The monoisotopic (exact) mass is 224 g/mol. The molecule has 0 amide bonds. The predicted molar refractivity (Wildman–Crippen MR) is 58.0 cm³/mol. The Morgan fingerprint density at radius 3 is 3.13 bits per heavy atom. The summed E-state index contributed by atoms with van der Waals surface area (Å²) in [5, 5.41) is 6.80. The van der Waals surface area contributed by atoms with Gasteiger partial charge in [-0.25, -0.2) is 9.37 Å². The van der Waals surface area contributed by atoms with Crippen molar-refractivity contribution in [2.24, 2.45) is 0 Å². The van der Waals surface area contributed by atoms with E-state index in [0.29, 0.717) is 6.54 Å². The van der Waals surface area contributed by atoms with E-state index in [2.05, 4.69) is 15.3 Å². The standard InChI is InChI=1S/C9H9FN4S/c10-7-4-13-9(11)14-8(7)12-3-6-1-2-15-5-6/h1-2,4-5H,3H2,(H3,11,12,13,14). The Morgan fingerprint density at radius 1 is 1.53 bits per heavy atom. The molecule has 4 nitrogen and oxygen atoms in total. The average Bonchev–Trinajstić information content (AvgIpc) is 2.72. The zero-order valence-corrected chi connectivity index (χ0v) is 8.59. The highest BCUT2D eigenvalue weighted by Crippen LogP contribution is 2.13. The largest absolute Gasteiger partial charge is 0.368 e. The topological polar surface area (TPSA) is 63.8 Å². The van der Waals surface area contributed by atoms with Gasteiger partial charge in [-0.3, -0.25) is 0 Å². The molecular weight excluding hydrogens is 215 g/mol. The zero-order valence-electron chi connectivity index (χ0n) is 7.77. The van der Waals surface area contributed by atoms with E-state index < -0.39 is 5.82 Å². The zero-order chi connectivity index (χ0) is 10.7. The van der Waals surface area contributed by atoms with Crippen LogP contribution in [-0.4, -0.2) is 9.97 Å². The van der Waals surface area contributed by atoms with Gasteiger partial charge >= 0.3 is 0 Å². The summed E-state index contributed by atoms with van der Waals surface area (Å²) in [5.74, 6) is -0.308. The van der Waals surface area contributed by atoms with E-state index in [1.165, 1.54) is 0 Å². The first-order valence-electron chi connectivity index (χ1n) is 4.28. The van der Waals surface area contributed by atoms with E-state index in [-0.39, 0.29) is 11.8 Å². The van der Waals surface area contributed by atoms with Crippen LogP contribution in [-0.2, 0) is 6.54 Å². The molecule has 0 radical (unpaired) electrons. The van der Waals surface area contributed by atoms with E-state index in [1.807, 2.05) is 16.8 Å². The van der Waals surface area contributed by atoms with Crippen LogP contribution in [0.5, 0.6) is 0 Å². The minimum absolute atomic E-state index is 0.0595. The molecule has 0 unspecified atom stereocenters. The second-order valence-corrected chi connectivity index (χ2v) is 3.69. The van der Waals surface area contributed by atoms with Gasteiger partial charge in [0.1, 0.15) is 0 Å². The Bertz CT molecular complexity index is 443. The number of aromatic nitrogens is 2. The van der Waals surface area contributed by atoms with Crippen LogP contribution in [0.25, 0.3) is 0 Å². The van der Waals surface area contributed by atoms with Crippen molar-refractivity contribution in [3.05, 3.63) is 34.4 Å². The number of rotatable bonds is 3. The summed E-state index contributed by atoms with van der Waals surface area (Å²) >= 11 is 1.59. The van der Waals surface area contributed by atoms with E-state index in [9.17, 15) is 4.39 Å². The number of nitrogen functional groups attached to an aromatic ring is 1. The van der Waals surface area contributed by atoms with Gasteiger partial charge in [0.05, 0.1) is 6.20 Å². The third kappa shape index (κ3) is 2.41. The molecule has 2 aromatic rings. The summed E-state index contributed by atoms with van der Waals surface area (Å²) in [4.78, 5) is 7.29. The summed E-state index contributed by atoms with van der Waals surface area (Å²) in [7, 11) is 0. The van der Waals surface area contributed by atoms with Crippen molar-refractivity contribution >= 4 is 23.1 Å². The molecule has 0 fully saturated rings. The first-order valence-corrected chi connectivity index (χ1v) is 5.23. The molecule has 0 saturated carbocycles. The summed E-state index contributed by atoms with van der Waals surface area (Å²) in [6.45, 7) is 0.525. The van der Waals surface area contributed by atoms with Gasteiger partial charge in [0.2, 0.25) is 5.95 Å². The van der Waals surface area contributed by atoms with E-state index >= 15 is 0 Å². The summed E-state index contributed by atoms with van der Waals surface area (Å²) in [6, 6.07) is 1.96. The van der Waals surface area contributed by atoms with Gasteiger partial charge in [0.25, 0.3) is 0 Å². The van der Waals surface area contributed by atoms with Gasteiger partial charge < -0.3 is 11.1 Å². The predicted octanol–water partition coefficient (Wildman–Crippen LogP) is 1.87. The minimum atomic E-state index is -0.501. The van der Waals surface area contributed by atoms with E-state index in [0.717, 1.165) is 11.8 Å². The quantitative estimate of drug-likeness (QED) is 0.835. The third-order valence-electron chi connectivity index (χ3n) is 1.80. The van der Waals surface area contributed by atoms with Crippen molar-refractivity contribution in [2.45, 2.75) is 6.54 Å². The Labute approximate surface area is 90.0 Å². The lowest BCUT2D eigenvalue weighted by Crippen LogP contribution is -2.06. The molecule has 0 aliphatic rings. The molecular formula is C9H9FN4S. The number of nitrogens with one attached hydrogen (secondary N) is 1. The van der Waals surface area contributed by atoms with E-state index in [1.54, 1.807) is 11.3 Å². The number of hydrogen-bond acceptors (Lipinski definition) is 5. The van der Waals surface area contributed by atoms with Crippen LogP contribution >= 0.6 is 11.3 Å². The maximum atomic E-state index is 13.2. The number of anilines is 2. The fourth-order valence-electron chi connectivity index (χ4n) is 1.08. The maximum absolute atomic E-state index is 13.2. The highest BCUT2D eigenvalue weighted by atomic mass is 32.1. The number of nitrogens with zero attached hydrogens (tertiary/aromatic N) is 2. The molecule has 6 heteroatoms. The van der Waals surface area contributed by atoms with Crippen molar-refractivity contribution in [1.82, 2.24) is 9.97 Å². The van der Waals surface area contributed by atoms with Crippen LogP contribution in [0.4, 0.5) is 16.2 Å². The highest BCUT2D eigenvalue weighted by Gasteiger charge is 2.04. The van der Waals surface area contributed by atoms with Crippen LogP contribution in [0, 0.1) is 5.82 Å². The molecule has 78 valence electrons. The van der Waals surface area contributed by atoms with Crippen LogP contribution in [0.1, 0.15) is 5.56 Å². The SMILES string of the molecule is Nc1ncc(F)c(NCc2ccsc2)n1. The molecule has 2 heterocycles. The third-order valence-corrected chi connectivity index (χ3v) is 2.53. The number of halogens is 1. The van der Waals surface area contributed by atoms with Crippen molar-refractivity contribution in [1.29, 1.82) is 0 Å². The van der Waals surface area contributed by atoms with Crippen LogP contribution < -0.4 is 11.1 Å². The molecule has 0 bridgehead atoms. The second-order valence-electron chi connectivity index (χ2n) is 2.91. The van der Waals surface area contributed by atoms with Gasteiger partial charge in [-0.05, 0) is 22.4 Å². The maximum Gasteiger partial charge on any atom is 0.222 e. The normalized spacial score (nSPS) is 10.2. The van der Waals surface area contributed by atoms with Gasteiger partial charge in [-0.2, -0.15) is 16.3 Å². The van der Waals surface area contributed by atoms with Crippen LogP contribution in [0.2, 0.25) is 0 Å². The highest BCUT2D eigenvalue weighted by molar-refractivity contribution is 7.07. The van der Waals surface area contributed by atoms with Gasteiger partial charge in [-0.15, -0.1) is 0 Å². The van der Waals surface area contributed by atoms with E-state index in [4.69, 9.17) is 5.73 Å². The van der Waals surface area contributed by atoms with Gasteiger partial charge in [0.15, 0.2) is 11.6 Å². The number of hydrogen-bond donors (Lipinski definition) is 2.